The predicted molar refractivity (Wildman–Crippen MR) is 94.1 cm³/mol. The average Bonchev–Trinajstić information content (AvgIpc) is 2.69. The maximum Gasteiger partial charge on any atom is 0.251 e. The Kier molecular flexibility index (Phi) is 5.92. The number of nitrogens with zero attached hydrogens (tertiary/aromatic N) is 3. The average molecular weight is 376 g/mol. The smallest absolute Gasteiger partial charge is 0.251 e. The van der Waals surface area contributed by atoms with E-state index in [2.05, 4.69) is 15.3 Å². The number of ether oxygens (including phenoxy) is 1. The van der Waals surface area contributed by atoms with Crippen molar-refractivity contribution in [2.75, 3.05) is 32.8 Å². The van der Waals surface area contributed by atoms with Crippen molar-refractivity contribution in [2.24, 2.45) is 0 Å². The number of benzene rings is 1. The molecule has 0 atom stereocenters. The van der Waals surface area contributed by atoms with Gasteiger partial charge in [0.05, 0.1) is 23.8 Å². The summed E-state index contributed by atoms with van der Waals surface area (Å²) in [4.78, 5) is 20.5. The van der Waals surface area contributed by atoms with Crippen LogP contribution in [0.4, 0.5) is 0 Å². The molecule has 0 aliphatic carbocycles. The van der Waals surface area contributed by atoms with Crippen LogP contribution in [0.3, 0.4) is 0 Å². The van der Waals surface area contributed by atoms with Crippen LogP contribution in [0.25, 0.3) is 0 Å². The molecule has 26 heavy (non-hydrogen) atoms. The monoisotopic (exact) mass is 376 g/mol. The molecule has 1 aromatic heterocycles. The van der Waals surface area contributed by atoms with Crippen LogP contribution in [0, 0.1) is 0 Å². The van der Waals surface area contributed by atoms with Crippen molar-refractivity contribution >= 4 is 15.9 Å². The van der Waals surface area contributed by atoms with Crippen molar-refractivity contribution in [3.8, 4) is 0 Å². The maximum absolute atomic E-state index is 12.7. The van der Waals surface area contributed by atoms with E-state index < -0.39 is 10.0 Å². The Hall–Kier alpha value is -2.36. The molecule has 0 saturated carbocycles. The normalized spacial score (nSPS) is 15.5. The Morgan fingerprint density at radius 2 is 2.04 bits per heavy atom. The van der Waals surface area contributed by atoms with Gasteiger partial charge in [-0.2, -0.15) is 4.31 Å². The van der Waals surface area contributed by atoms with Gasteiger partial charge in [-0.3, -0.25) is 14.8 Å². The second-order valence-corrected chi connectivity index (χ2v) is 7.68. The minimum atomic E-state index is -3.63. The fraction of sp³-hybridized carbons (Fsp3) is 0.353. The summed E-state index contributed by atoms with van der Waals surface area (Å²) in [6, 6.07) is 6.07. The largest absolute Gasteiger partial charge is 0.379 e. The highest BCUT2D eigenvalue weighted by Crippen LogP contribution is 2.18. The zero-order chi connectivity index (χ0) is 18.4. The molecule has 138 valence electrons. The number of hydrogen-bond donors (Lipinski definition) is 1. The summed E-state index contributed by atoms with van der Waals surface area (Å²) in [5.74, 6) is -0.326. The van der Waals surface area contributed by atoms with Crippen molar-refractivity contribution in [2.45, 2.75) is 11.3 Å². The van der Waals surface area contributed by atoms with E-state index in [0.717, 1.165) is 5.69 Å². The molecule has 0 bridgehead atoms. The van der Waals surface area contributed by atoms with E-state index in [4.69, 9.17) is 4.74 Å². The summed E-state index contributed by atoms with van der Waals surface area (Å²) in [6.07, 6.45) is 5.37. The molecule has 3 rings (SSSR count). The fourth-order valence-corrected chi connectivity index (χ4v) is 4.05. The Morgan fingerprint density at radius 3 is 2.77 bits per heavy atom. The highest BCUT2D eigenvalue weighted by Gasteiger charge is 2.26. The number of carbonyl (C=O) groups excluding carboxylic acids is 1. The predicted octanol–water partition coefficient (Wildman–Crippen LogP) is 0.470. The van der Waals surface area contributed by atoms with E-state index >= 15 is 0 Å². The molecule has 1 aliphatic heterocycles. The number of amides is 1. The van der Waals surface area contributed by atoms with Crippen LogP contribution >= 0.6 is 0 Å². The summed E-state index contributed by atoms with van der Waals surface area (Å²) in [7, 11) is -3.63. The second-order valence-electron chi connectivity index (χ2n) is 5.75. The van der Waals surface area contributed by atoms with E-state index in [0.29, 0.717) is 44.8 Å². The maximum atomic E-state index is 12.7. The van der Waals surface area contributed by atoms with Gasteiger partial charge in [0.2, 0.25) is 10.0 Å². The zero-order valence-electron chi connectivity index (χ0n) is 14.2. The first-order valence-electron chi connectivity index (χ1n) is 8.28. The molecule has 2 heterocycles. The lowest BCUT2D eigenvalue weighted by molar-refractivity contribution is 0.0730. The van der Waals surface area contributed by atoms with Crippen LogP contribution in [0.15, 0.2) is 47.8 Å². The number of nitrogens with one attached hydrogen (secondary N) is 1. The van der Waals surface area contributed by atoms with Gasteiger partial charge in [-0.05, 0) is 18.2 Å². The SMILES string of the molecule is O=C(NCCc1cnccn1)c1cccc(S(=O)(=O)N2CCOCC2)c1. The van der Waals surface area contributed by atoms with E-state index in [9.17, 15) is 13.2 Å². The highest BCUT2D eigenvalue weighted by atomic mass is 32.2. The van der Waals surface area contributed by atoms with Crippen LogP contribution in [0.1, 0.15) is 16.1 Å². The minimum absolute atomic E-state index is 0.112. The first kappa shape index (κ1) is 18.4. The van der Waals surface area contributed by atoms with Gasteiger partial charge in [-0.25, -0.2) is 8.42 Å². The second kappa shape index (κ2) is 8.35. The van der Waals surface area contributed by atoms with Gasteiger partial charge in [0.15, 0.2) is 0 Å². The molecular weight excluding hydrogens is 356 g/mol. The number of rotatable bonds is 6. The third-order valence-electron chi connectivity index (χ3n) is 3.99. The van der Waals surface area contributed by atoms with Crippen LogP contribution in [0.2, 0.25) is 0 Å². The van der Waals surface area contributed by atoms with E-state index in [1.165, 1.54) is 16.4 Å². The minimum Gasteiger partial charge on any atom is -0.379 e. The standard InChI is InChI=1S/C17H20N4O4S/c22-17(20-5-4-15-13-18-6-7-19-15)14-2-1-3-16(12-14)26(23,24)21-8-10-25-11-9-21/h1-3,6-7,12-13H,4-5,8-11H2,(H,20,22). The van der Waals surface area contributed by atoms with Crippen molar-refractivity contribution in [3.63, 3.8) is 0 Å². The Balaban J connectivity index is 1.65. The van der Waals surface area contributed by atoms with E-state index in [-0.39, 0.29) is 10.8 Å². The number of morpholine rings is 1. The van der Waals surface area contributed by atoms with Gasteiger partial charge in [-0.15, -0.1) is 0 Å². The van der Waals surface area contributed by atoms with Gasteiger partial charge >= 0.3 is 0 Å². The highest BCUT2D eigenvalue weighted by molar-refractivity contribution is 7.89. The van der Waals surface area contributed by atoms with Gasteiger partial charge in [-0.1, -0.05) is 6.07 Å². The van der Waals surface area contributed by atoms with E-state index in [1.807, 2.05) is 0 Å². The Morgan fingerprint density at radius 1 is 1.23 bits per heavy atom. The third kappa shape index (κ3) is 4.43. The quantitative estimate of drug-likeness (QED) is 0.786. The lowest BCUT2D eigenvalue weighted by Crippen LogP contribution is -2.40. The molecule has 0 spiro atoms. The van der Waals surface area contributed by atoms with Crippen molar-refractivity contribution in [3.05, 3.63) is 54.1 Å². The number of aromatic nitrogens is 2. The van der Waals surface area contributed by atoms with Gasteiger partial charge in [0.25, 0.3) is 5.91 Å². The van der Waals surface area contributed by atoms with Crippen molar-refractivity contribution in [1.82, 2.24) is 19.6 Å². The molecule has 1 amide bonds. The molecule has 0 radical (unpaired) electrons. The summed E-state index contributed by atoms with van der Waals surface area (Å²) in [6.45, 7) is 1.77. The lowest BCUT2D eigenvalue weighted by atomic mass is 10.2. The molecule has 0 unspecified atom stereocenters. The van der Waals surface area contributed by atoms with Crippen LogP contribution in [0.5, 0.6) is 0 Å². The number of hydrogen-bond acceptors (Lipinski definition) is 6. The third-order valence-corrected chi connectivity index (χ3v) is 5.88. The van der Waals surface area contributed by atoms with E-state index in [1.54, 1.807) is 30.7 Å². The zero-order valence-corrected chi connectivity index (χ0v) is 15.0. The topological polar surface area (TPSA) is 101 Å². The molecular formula is C17H20N4O4S. The molecule has 9 heteroatoms. The summed E-state index contributed by atoms with van der Waals surface area (Å²) < 4.78 is 31.9. The Labute approximate surface area is 152 Å². The first-order chi connectivity index (χ1) is 12.6. The fourth-order valence-electron chi connectivity index (χ4n) is 2.60. The molecule has 2 aromatic rings. The van der Waals surface area contributed by atoms with Gasteiger partial charge in [0, 0.05) is 50.2 Å². The summed E-state index contributed by atoms with van der Waals surface area (Å²) in [5, 5.41) is 2.77. The number of carbonyl (C=O) groups is 1. The van der Waals surface area contributed by atoms with Crippen molar-refractivity contribution in [1.29, 1.82) is 0 Å². The molecule has 1 aliphatic rings. The van der Waals surface area contributed by atoms with Crippen LogP contribution in [-0.4, -0.2) is 61.4 Å². The summed E-state index contributed by atoms with van der Waals surface area (Å²) in [5.41, 5.74) is 1.08. The lowest BCUT2D eigenvalue weighted by Gasteiger charge is -2.26. The molecule has 1 N–H and O–H groups in total. The Bertz CT molecular complexity index is 852. The van der Waals surface area contributed by atoms with Gasteiger partial charge < -0.3 is 10.1 Å². The van der Waals surface area contributed by atoms with Crippen LogP contribution in [-0.2, 0) is 21.2 Å². The first-order valence-corrected chi connectivity index (χ1v) is 9.72. The summed E-state index contributed by atoms with van der Waals surface area (Å²) >= 11 is 0. The van der Waals surface area contributed by atoms with Crippen molar-refractivity contribution < 1.29 is 17.9 Å². The molecule has 1 aromatic carbocycles. The molecule has 1 fully saturated rings. The van der Waals surface area contributed by atoms with Crippen LogP contribution < -0.4 is 5.32 Å². The molecule has 8 nitrogen and oxygen atoms in total. The number of sulfonamides is 1. The molecule has 1 saturated heterocycles. The van der Waals surface area contributed by atoms with Gasteiger partial charge in [0.1, 0.15) is 0 Å².